The lowest BCUT2D eigenvalue weighted by Crippen LogP contribution is -1.99. The van der Waals surface area contributed by atoms with Crippen LogP contribution in [0.2, 0.25) is 0 Å². The quantitative estimate of drug-likeness (QED) is 0.650. The molecule has 5 heteroatoms. The Morgan fingerprint density at radius 2 is 1.60 bits per heavy atom. The summed E-state index contributed by atoms with van der Waals surface area (Å²) in [6, 6.07) is 4.28. The normalized spacial score (nSPS) is 10.7. The zero-order chi connectivity index (χ0) is 11.3. The smallest absolute Gasteiger partial charge is 0.0930 e. The molecule has 1 aromatic carbocycles. The lowest BCUT2D eigenvalue weighted by Gasteiger charge is -2.12. The second-order valence-electron chi connectivity index (χ2n) is 2.84. The Balaban J connectivity index is 3.16. The zero-order valence-corrected chi connectivity index (χ0v) is 11.5. The minimum absolute atomic E-state index is 0.468. The Bertz CT molecular complexity index is 305. The minimum Gasteiger partial charge on any atom is -0.300 e. The number of rotatable bonds is 5. The fourth-order valence-electron chi connectivity index (χ4n) is 1.31. The molecule has 0 amide bonds. The third kappa shape index (κ3) is 3.32. The van der Waals surface area contributed by atoms with Gasteiger partial charge in [0.25, 0.3) is 0 Å². The van der Waals surface area contributed by atoms with E-state index in [1.807, 2.05) is 0 Å². The fraction of sp³-hybridized carbons (Fsp3) is 0.400. The Morgan fingerprint density at radius 1 is 1.07 bits per heavy atom. The first-order valence-electron chi connectivity index (χ1n) is 4.37. The van der Waals surface area contributed by atoms with Crippen molar-refractivity contribution in [2.45, 2.75) is 21.3 Å². The van der Waals surface area contributed by atoms with E-state index in [9.17, 15) is 0 Å². The molecule has 0 spiro atoms. The van der Waals surface area contributed by atoms with Crippen LogP contribution >= 0.6 is 35.3 Å². The maximum Gasteiger partial charge on any atom is 0.0930 e. The van der Waals surface area contributed by atoms with Crippen LogP contribution in [0, 0.1) is 0 Å². The van der Waals surface area contributed by atoms with Gasteiger partial charge in [-0.1, -0.05) is 0 Å². The summed E-state index contributed by atoms with van der Waals surface area (Å²) in [7, 11) is 0. The van der Waals surface area contributed by atoms with Gasteiger partial charge in [-0.25, -0.2) is 5.90 Å². The van der Waals surface area contributed by atoms with Gasteiger partial charge in [0, 0.05) is 14.7 Å². The van der Waals surface area contributed by atoms with E-state index in [1.165, 1.54) is 14.7 Å². The van der Waals surface area contributed by atoms with Gasteiger partial charge in [0.1, 0.15) is 0 Å². The summed E-state index contributed by atoms with van der Waals surface area (Å²) in [6.07, 6.45) is 6.28. The second kappa shape index (κ2) is 6.70. The molecule has 84 valence electrons. The Kier molecular flexibility index (Phi) is 5.92. The highest BCUT2D eigenvalue weighted by atomic mass is 32.2. The summed E-state index contributed by atoms with van der Waals surface area (Å²) < 4.78 is 0. The molecular weight excluding hydrogens is 246 g/mol. The number of nitrogens with two attached hydrogens (primary N) is 1. The van der Waals surface area contributed by atoms with Crippen molar-refractivity contribution in [2.75, 3.05) is 18.8 Å². The average molecular weight is 261 g/mol. The van der Waals surface area contributed by atoms with Crippen molar-refractivity contribution >= 4 is 35.3 Å². The molecule has 0 bridgehead atoms. The monoisotopic (exact) mass is 261 g/mol. The highest BCUT2D eigenvalue weighted by molar-refractivity contribution is 8.03. The molecular formula is C10H15NOS3. The predicted octanol–water partition coefficient (Wildman–Crippen LogP) is 3.24. The van der Waals surface area contributed by atoms with E-state index >= 15 is 0 Å². The van der Waals surface area contributed by atoms with E-state index in [0.717, 1.165) is 5.56 Å². The van der Waals surface area contributed by atoms with Crippen LogP contribution in [0.3, 0.4) is 0 Å². The van der Waals surface area contributed by atoms with E-state index in [1.54, 1.807) is 35.3 Å². The first kappa shape index (κ1) is 13.3. The molecule has 0 aliphatic heterocycles. The molecule has 0 saturated carbocycles. The molecule has 0 aliphatic rings. The van der Waals surface area contributed by atoms with Crippen molar-refractivity contribution in [1.82, 2.24) is 0 Å². The van der Waals surface area contributed by atoms with Crippen molar-refractivity contribution in [3.8, 4) is 0 Å². The first-order chi connectivity index (χ1) is 7.26. The Labute approximate surface area is 104 Å². The third-order valence-electron chi connectivity index (χ3n) is 1.97. The van der Waals surface area contributed by atoms with Gasteiger partial charge in [-0.3, -0.25) is 4.84 Å². The van der Waals surface area contributed by atoms with E-state index in [4.69, 9.17) is 5.90 Å². The number of thioether (sulfide) groups is 3. The van der Waals surface area contributed by atoms with Gasteiger partial charge in [-0.05, 0) is 36.5 Å². The molecule has 15 heavy (non-hydrogen) atoms. The molecule has 0 fully saturated rings. The number of hydrogen-bond acceptors (Lipinski definition) is 5. The summed E-state index contributed by atoms with van der Waals surface area (Å²) >= 11 is 5.30. The van der Waals surface area contributed by atoms with Crippen LogP contribution in [-0.4, -0.2) is 18.8 Å². The van der Waals surface area contributed by atoms with Gasteiger partial charge >= 0.3 is 0 Å². The van der Waals surface area contributed by atoms with Crippen LogP contribution in [0.4, 0.5) is 0 Å². The summed E-state index contributed by atoms with van der Waals surface area (Å²) in [5, 5.41) is 0. The standard InChI is InChI=1S/C10H15NOS3/c1-13-8-4-7(6-12-11)5-9(14-2)10(8)15-3/h4-5H,6,11H2,1-3H3. The molecule has 2 nitrogen and oxygen atoms in total. The van der Waals surface area contributed by atoms with Crippen LogP contribution in [0.5, 0.6) is 0 Å². The van der Waals surface area contributed by atoms with Gasteiger partial charge in [0.2, 0.25) is 0 Å². The van der Waals surface area contributed by atoms with Gasteiger partial charge in [0.15, 0.2) is 0 Å². The van der Waals surface area contributed by atoms with Crippen molar-refractivity contribution < 1.29 is 4.84 Å². The van der Waals surface area contributed by atoms with E-state index < -0.39 is 0 Å². The van der Waals surface area contributed by atoms with E-state index in [2.05, 4.69) is 35.7 Å². The highest BCUT2D eigenvalue weighted by Crippen LogP contribution is 2.37. The van der Waals surface area contributed by atoms with Crippen LogP contribution < -0.4 is 5.90 Å². The molecule has 0 radical (unpaired) electrons. The van der Waals surface area contributed by atoms with Crippen molar-refractivity contribution in [1.29, 1.82) is 0 Å². The van der Waals surface area contributed by atoms with Crippen LogP contribution in [0.15, 0.2) is 26.8 Å². The topological polar surface area (TPSA) is 35.2 Å². The summed E-state index contributed by atoms with van der Waals surface area (Å²) in [5.74, 6) is 5.10. The van der Waals surface area contributed by atoms with Gasteiger partial charge in [-0.2, -0.15) is 0 Å². The maximum absolute atomic E-state index is 5.10. The molecule has 0 heterocycles. The van der Waals surface area contributed by atoms with Gasteiger partial charge < -0.3 is 0 Å². The average Bonchev–Trinajstić information content (AvgIpc) is 2.28. The lowest BCUT2D eigenvalue weighted by atomic mass is 10.2. The largest absolute Gasteiger partial charge is 0.300 e. The van der Waals surface area contributed by atoms with Crippen molar-refractivity contribution in [2.24, 2.45) is 5.90 Å². The Morgan fingerprint density at radius 3 is 1.93 bits per heavy atom. The molecule has 0 aromatic heterocycles. The third-order valence-corrected chi connectivity index (χ3v) is 4.60. The molecule has 1 rings (SSSR count). The highest BCUT2D eigenvalue weighted by Gasteiger charge is 2.09. The molecule has 0 unspecified atom stereocenters. The SMILES string of the molecule is CSc1cc(CON)cc(SC)c1SC. The Hall–Kier alpha value is 0.190. The van der Waals surface area contributed by atoms with Crippen molar-refractivity contribution in [3.63, 3.8) is 0 Å². The molecule has 0 atom stereocenters. The first-order valence-corrected chi connectivity index (χ1v) is 8.04. The summed E-state index contributed by atoms with van der Waals surface area (Å²) in [6.45, 7) is 0.468. The second-order valence-corrected chi connectivity index (χ2v) is 5.36. The van der Waals surface area contributed by atoms with E-state index in [-0.39, 0.29) is 0 Å². The zero-order valence-electron chi connectivity index (χ0n) is 9.07. The fourth-order valence-corrected chi connectivity index (χ4v) is 4.03. The number of hydrogen-bond donors (Lipinski definition) is 1. The van der Waals surface area contributed by atoms with E-state index in [0.29, 0.717) is 6.61 Å². The van der Waals surface area contributed by atoms with Crippen LogP contribution in [0.25, 0.3) is 0 Å². The van der Waals surface area contributed by atoms with Gasteiger partial charge in [-0.15, -0.1) is 35.3 Å². The van der Waals surface area contributed by atoms with Crippen molar-refractivity contribution in [3.05, 3.63) is 17.7 Å². The maximum atomic E-state index is 5.10. The molecule has 0 aliphatic carbocycles. The van der Waals surface area contributed by atoms with Gasteiger partial charge in [0.05, 0.1) is 6.61 Å². The summed E-state index contributed by atoms with van der Waals surface area (Å²) in [5.41, 5.74) is 1.13. The minimum atomic E-state index is 0.468. The van der Waals surface area contributed by atoms with Crippen LogP contribution in [-0.2, 0) is 11.4 Å². The lowest BCUT2D eigenvalue weighted by molar-refractivity contribution is 0.123. The predicted molar refractivity (Wildman–Crippen MR) is 70.8 cm³/mol. The molecule has 2 N–H and O–H groups in total. The van der Waals surface area contributed by atoms with Crippen LogP contribution in [0.1, 0.15) is 5.56 Å². The molecule has 0 saturated heterocycles. The summed E-state index contributed by atoms with van der Waals surface area (Å²) in [4.78, 5) is 8.60. The number of benzene rings is 1. The molecule has 1 aromatic rings.